The van der Waals surface area contributed by atoms with Crippen molar-refractivity contribution in [2.24, 2.45) is 0 Å². The Bertz CT molecular complexity index is 485. The van der Waals surface area contributed by atoms with Crippen molar-refractivity contribution in [2.45, 2.75) is 167 Å². The summed E-state index contributed by atoms with van der Waals surface area (Å²) >= 11 is 0. The van der Waals surface area contributed by atoms with Crippen molar-refractivity contribution < 1.29 is 19.7 Å². The number of morpholine rings is 1. The molecule has 5 heteroatoms. The molecule has 1 rings (SSSR count). The first-order chi connectivity index (χ1) is 16.5. The third kappa shape index (κ3) is 14.0. The third-order valence-corrected chi connectivity index (χ3v) is 7.42. The number of hydrogen-bond donors (Lipinski definition) is 2. The molecule has 0 radical (unpaired) electrons. The predicted octanol–water partition coefficient (Wildman–Crippen LogP) is 7.34. The predicted molar refractivity (Wildman–Crippen MR) is 142 cm³/mol. The van der Waals surface area contributed by atoms with Crippen LogP contribution in [0.3, 0.4) is 0 Å². The molecular formula is C29H57NO4. The molecule has 0 aromatic carbocycles. The van der Waals surface area contributed by atoms with Crippen LogP contribution in [0.25, 0.3) is 0 Å². The molecule has 1 saturated heterocycles. The Morgan fingerprint density at radius 2 is 1.32 bits per heavy atom. The zero-order valence-electron chi connectivity index (χ0n) is 22.8. The Hall–Kier alpha value is -0.650. The summed E-state index contributed by atoms with van der Waals surface area (Å²) in [6.45, 7) is 7.57. The number of β-amino-alcohol motifs (C(OH)–C–C–N with tert-alkyl or cyclic N) is 1. The zero-order chi connectivity index (χ0) is 25.0. The van der Waals surface area contributed by atoms with Crippen LogP contribution < -0.4 is 0 Å². The highest BCUT2D eigenvalue weighted by molar-refractivity contribution is 5.74. The smallest absolute Gasteiger partial charge is 0.323 e. The van der Waals surface area contributed by atoms with E-state index in [1.54, 1.807) is 0 Å². The Labute approximate surface area is 211 Å². The van der Waals surface area contributed by atoms with Gasteiger partial charge in [0, 0.05) is 13.1 Å². The molecule has 4 unspecified atom stereocenters. The van der Waals surface area contributed by atoms with E-state index in [1.807, 2.05) is 11.8 Å². The number of carboxylic acid groups (broad SMARTS) is 1. The van der Waals surface area contributed by atoms with E-state index in [0.717, 1.165) is 32.1 Å². The Morgan fingerprint density at radius 3 is 1.82 bits per heavy atom. The summed E-state index contributed by atoms with van der Waals surface area (Å²) in [4.78, 5) is 14.0. The number of hydrogen-bond acceptors (Lipinski definition) is 4. The van der Waals surface area contributed by atoms with E-state index >= 15 is 0 Å². The Morgan fingerprint density at radius 1 is 0.824 bits per heavy atom. The maximum Gasteiger partial charge on any atom is 0.323 e. The second kappa shape index (κ2) is 20.5. The monoisotopic (exact) mass is 483 g/mol. The summed E-state index contributed by atoms with van der Waals surface area (Å²) in [6, 6.07) is -0.645. The van der Waals surface area contributed by atoms with E-state index in [-0.39, 0.29) is 12.2 Å². The van der Waals surface area contributed by atoms with Gasteiger partial charge in [-0.2, -0.15) is 0 Å². The van der Waals surface area contributed by atoms with Crippen LogP contribution in [0, 0.1) is 0 Å². The minimum Gasteiger partial charge on any atom is -0.480 e. The van der Waals surface area contributed by atoms with E-state index in [1.165, 1.54) is 83.5 Å². The second-order valence-corrected chi connectivity index (χ2v) is 10.6. The van der Waals surface area contributed by atoms with Gasteiger partial charge in [-0.15, -0.1) is 0 Å². The standard InChI is InChI=1S/C29H57NO4/c1-4-7-9-11-13-15-17-19-21-25(31)23-30-24-26(34-27(6-3)28(30)29(32)33)22-20-18-16-14-12-10-8-5-2/h25-28,31H,4-24H2,1-3H3,(H,32,33). The molecule has 0 amide bonds. The third-order valence-electron chi connectivity index (χ3n) is 7.42. The molecule has 0 aliphatic carbocycles. The molecule has 1 aliphatic heterocycles. The van der Waals surface area contributed by atoms with Crippen LogP contribution in [0.4, 0.5) is 0 Å². The number of ether oxygens (including phenoxy) is 1. The number of carbonyl (C=O) groups is 1. The van der Waals surface area contributed by atoms with Crippen molar-refractivity contribution in [3.05, 3.63) is 0 Å². The lowest BCUT2D eigenvalue weighted by molar-refractivity contribution is -0.170. The topological polar surface area (TPSA) is 70.0 Å². The van der Waals surface area contributed by atoms with Gasteiger partial charge >= 0.3 is 5.97 Å². The maximum atomic E-state index is 12.0. The number of aliphatic hydroxyl groups excluding tert-OH is 1. The number of aliphatic carboxylic acids is 1. The van der Waals surface area contributed by atoms with E-state index in [9.17, 15) is 15.0 Å². The fourth-order valence-electron chi connectivity index (χ4n) is 5.34. The van der Waals surface area contributed by atoms with Crippen LogP contribution >= 0.6 is 0 Å². The first kappa shape index (κ1) is 31.4. The van der Waals surface area contributed by atoms with Crippen molar-refractivity contribution in [3.8, 4) is 0 Å². The molecule has 0 bridgehead atoms. The fraction of sp³-hybridized carbons (Fsp3) is 0.966. The van der Waals surface area contributed by atoms with Crippen molar-refractivity contribution in [1.82, 2.24) is 4.90 Å². The molecule has 0 spiro atoms. The van der Waals surface area contributed by atoms with Gasteiger partial charge < -0.3 is 14.9 Å². The zero-order valence-corrected chi connectivity index (χ0v) is 22.8. The van der Waals surface area contributed by atoms with Gasteiger partial charge in [0.25, 0.3) is 0 Å². The summed E-state index contributed by atoms with van der Waals surface area (Å²) in [5.41, 5.74) is 0. The van der Waals surface area contributed by atoms with E-state index in [4.69, 9.17) is 4.74 Å². The van der Waals surface area contributed by atoms with Gasteiger partial charge in [-0.25, -0.2) is 0 Å². The van der Waals surface area contributed by atoms with E-state index < -0.39 is 18.1 Å². The van der Waals surface area contributed by atoms with Gasteiger partial charge in [0.1, 0.15) is 6.04 Å². The van der Waals surface area contributed by atoms with Crippen LogP contribution in [0.2, 0.25) is 0 Å². The average molecular weight is 484 g/mol. The van der Waals surface area contributed by atoms with Crippen LogP contribution in [-0.4, -0.2) is 58.5 Å². The van der Waals surface area contributed by atoms with Crippen molar-refractivity contribution in [2.75, 3.05) is 13.1 Å². The highest BCUT2D eigenvalue weighted by Crippen LogP contribution is 2.25. The Kier molecular flexibility index (Phi) is 19.0. The number of unbranched alkanes of at least 4 members (excludes halogenated alkanes) is 14. The molecule has 0 aromatic rings. The summed E-state index contributed by atoms with van der Waals surface area (Å²) in [5, 5.41) is 20.6. The van der Waals surface area contributed by atoms with Gasteiger partial charge in [0.05, 0.1) is 18.3 Å². The number of carboxylic acids is 1. The van der Waals surface area contributed by atoms with Crippen LogP contribution in [0.5, 0.6) is 0 Å². The van der Waals surface area contributed by atoms with Gasteiger partial charge in [0.15, 0.2) is 0 Å². The maximum absolute atomic E-state index is 12.0. The number of rotatable bonds is 22. The van der Waals surface area contributed by atoms with Gasteiger partial charge in [-0.3, -0.25) is 9.69 Å². The average Bonchev–Trinajstić information content (AvgIpc) is 2.81. The molecule has 0 saturated carbocycles. The molecular weight excluding hydrogens is 426 g/mol. The van der Waals surface area contributed by atoms with Crippen LogP contribution in [-0.2, 0) is 9.53 Å². The first-order valence-corrected chi connectivity index (χ1v) is 14.8. The molecule has 34 heavy (non-hydrogen) atoms. The van der Waals surface area contributed by atoms with E-state index in [2.05, 4.69) is 13.8 Å². The Balaban J connectivity index is 2.38. The normalized spacial score (nSPS) is 22.2. The molecule has 0 aromatic heterocycles. The van der Waals surface area contributed by atoms with Crippen LogP contribution in [0.1, 0.15) is 143 Å². The lowest BCUT2D eigenvalue weighted by atomic mass is 9.98. The minimum atomic E-state index is -0.823. The quantitative estimate of drug-likeness (QED) is 0.158. The highest BCUT2D eigenvalue weighted by atomic mass is 16.5. The van der Waals surface area contributed by atoms with Gasteiger partial charge in [-0.05, 0) is 19.3 Å². The number of aliphatic hydroxyl groups is 1. The molecule has 2 N–H and O–H groups in total. The highest BCUT2D eigenvalue weighted by Gasteiger charge is 2.40. The summed E-state index contributed by atoms with van der Waals surface area (Å²) in [6.07, 6.45) is 22.1. The molecule has 1 fully saturated rings. The van der Waals surface area contributed by atoms with Crippen molar-refractivity contribution >= 4 is 5.97 Å². The number of nitrogens with zero attached hydrogens (tertiary/aromatic N) is 1. The van der Waals surface area contributed by atoms with Crippen molar-refractivity contribution in [3.63, 3.8) is 0 Å². The lowest BCUT2D eigenvalue weighted by Crippen LogP contribution is -2.59. The van der Waals surface area contributed by atoms with E-state index in [0.29, 0.717) is 19.5 Å². The van der Waals surface area contributed by atoms with Gasteiger partial charge in [-0.1, -0.05) is 124 Å². The fourth-order valence-corrected chi connectivity index (χ4v) is 5.34. The van der Waals surface area contributed by atoms with Crippen molar-refractivity contribution in [1.29, 1.82) is 0 Å². The molecule has 4 atom stereocenters. The molecule has 202 valence electrons. The first-order valence-electron chi connectivity index (χ1n) is 14.8. The minimum absolute atomic E-state index is 0.0796. The second-order valence-electron chi connectivity index (χ2n) is 10.6. The summed E-state index contributed by atoms with van der Waals surface area (Å²) in [5.74, 6) is -0.823. The molecule has 5 nitrogen and oxygen atoms in total. The summed E-state index contributed by atoms with van der Waals surface area (Å²) < 4.78 is 6.23. The van der Waals surface area contributed by atoms with Crippen LogP contribution in [0.15, 0.2) is 0 Å². The molecule has 1 aliphatic rings. The molecule has 1 heterocycles. The largest absolute Gasteiger partial charge is 0.480 e. The lowest BCUT2D eigenvalue weighted by Gasteiger charge is -2.43. The SMILES string of the molecule is CCCCCCCCCCC(O)CN1CC(CCCCCCCCCC)OC(CC)C1C(=O)O. The summed E-state index contributed by atoms with van der Waals surface area (Å²) in [7, 11) is 0. The van der Waals surface area contributed by atoms with Gasteiger partial charge in [0.2, 0.25) is 0 Å².